The summed E-state index contributed by atoms with van der Waals surface area (Å²) in [6.07, 6.45) is 4.78. The molecule has 1 aromatic rings. The largest absolute Gasteiger partial charge is 0.385 e. The Morgan fingerprint density at radius 2 is 1.95 bits per heavy atom. The summed E-state index contributed by atoms with van der Waals surface area (Å²) in [5, 5.41) is 0. The number of methoxy groups -OCH3 is 1. The van der Waals surface area contributed by atoms with Crippen molar-refractivity contribution in [1.82, 2.24) is 4.90 Å². The molecule has 1 aromatic carbocycles. The van der Waals surface area contributed by atoms with E-state index in [0.29, 0.717) is 0 Å². The van der Waals surface area contributed by atoms with Gasteiger partial charge in [0.15, 0.2) is 0 Å². The third-order valence-corrected chi connectivity index (χ3v) is 4.26. The molecule has 0 radical (unpaired) electrons. The molecular weight excluding hydrogens is 248 g/mol. The SMILES string of the molecule is COCCC(N)CN1CCC(Cc2ccccc2)CC1. The number of likely N-dealkylation sites (tertiary alicyclic amines) is 1. The third kappa shape index (κ3) is 5.23. The molecule has 0 spiro atoms. The molecule has 0 aromatic heterocycles. The van der Waals surface area contributed by atoms with Crippen LogP contribution in [0.15, 0.2) is 30.3 Å². The Morgan fingerprint density at radius 1 is 1.25 bits per heavy atom. The molecule has 20 heavy (non-hydrogen) atoms. The van der Waals surface area contributed by atoms with Gasteiger partial charge in [-0.3, -0.25) is 0 Å². The Kier molecular flexibility index (Phi) is 6.51. The quantitative estimate of drug-likeness (QED) is 0.830. The number of nitrogens with zero attached hydrogens (tertiary/aromatic N) is 1. The molecular formula is C17H28N2O. The zero-order chi connectivity index (χ0) is 14.2. The zero-order valence-corrected chi connectivity index (χ0v) is 12.6. The van der Waals surface area contributed by atoms with Crippen LogP contribution in [0.25, 0.3) is 0 Å². The van der Waals surface area contributed by atoms with Crippen molar-refractivity contribution < 1.29 is 4.74 Å². The molecule has 1 unspecified atom stereocenters. The molecule has 3 heteroatoms. The lowest BCUT2D eigenvalue weighted by Gasteiger charge is -2.33. The molecule has 1 heterocycles. The van der Waals surface area contributed by atoms with Crippen molar-refractivity contribution in [2.75, 3.05) is 33.4 Å². The lowest BCUT2D eigenvalue weighted by molar-refractivity contribution is 0.152. The van der Waals surface area contributed by atoms with Gasteiger partial charge in [-0.05, 0) is 50.3 Å². The van der Waals surface area contributed by atoms with Crippen LogP contribution in [0.3, 0.4) is 0 Å². The highest BCUT2D eigenvalue weighted by molar-refractivity contribution is 5.15. The number of piperidine rings is 1. The van der Waals surface area contributed by atoms with E-state index in [0.717, 1.165) is 25.5 Å². The maximum Gasteiger partial charge on any atom is 0.0477 e. The van der Waals surface area contributed by atoms with E-state index in [2.05, 4.69) is 35.2 Å². The number of hydrogen-bond acceptors (Lipinski definition) is 3. The Labute approximate surface area is 123 Å². The maximum absolute atomic E-state index is 6.13. The van der Waals surface area contributed by atoms with Crippen LogP contribution in [-0.4, -0.2) is 44.3 Å². The Morgan fingerprint density at radius 3 is 2.60 bits per heavy atom. The Balaban J connectivity index is 1.67. The van der Waals surface area contributed by atoms with Crippen LogP contribution in [0.1, 0.15) is 24.8 Å². The van der Waals surface area contributed by atoms with Crippen LogP contribution in [0.5, 0.6) is 0 Å². The summed E-state index contributed by atoms with van der Waals surface area (Å²) < 4.78 is 5.09. The van der Waals surface area contributed by atoms with E-state index in [1.54, 1.807) is 7.11 Å². The van der Waals surface area contributed by atoms with Crippen molar-refractivity contribution in [2.45, 2.75) is 31.7 Å². The van der Waals surface area contributed by atoms with Crippen LogP contribution in [0, 0.1) is 5.92 Å². The number of rotatable bonds is 7. The highest BCUT2D eigenvalue weighted by Gasteiger charge is 2.20. The van der Waals surface area contributed by atoms with E-state index in [1.807, 2.05) is 0 Å². The number of ether oxygens (including phenoxy) is 1. The molecule has 2 rings (SSSR count). The average Bonchev–Trinajstić information content (AvgIpc) is 2.48. The fraction of sp³-hybridized carbons (Fsp3) is 0.647. The van der Waals surface area contributed by atoms with E-state index in [-0.39, 0.29) is 6.04 Å². The lowest BCUT2D eigenvalue weighted by Crippen LogP contribution is -2.42. The maximum atomic E-state index is 6.13. The van der Waals surface area contributed by atoms with Crippen molar-refractivity contribution in [1.29, 1.82) is 0 Å². The van der Waals surface area contributed by atoms with E-state index < -0.39 is 0 Å². The van der Waals surface area contributed by atoms with Crippen molar-refractivity contribution in [3.63, 3.8) is 0 Å². The minimum Gasteiger partial charge on any atom is -0.385 e. The second-order valence-electron chi connectivity index (χ2n) is 5.98. The number of hydrogen-bond donors (Lipinski definition) is 1. The second-order valence-corrected chi connectivity index (χ2v) is 5.98. The molecule has 1 fully saturated rings. The molecule has 1 aliphatic rings. The minimum atomic E-state index is 0.251. The van der Waals surface area contributed by atoms with Crippen molar-refractivity contribution in [2.24, 2.45) is 11.7 Å². The van der Waals surface area contributed by atoms with Gasteiger partial charge >= 0.3 is 0 Å². The van der Waals surface area contributed by atoms with Gasteiger partial charge < -0.3 is 15.4 Å². The first-order valence-corrected chi connectivity index (χ1v) is 7.78. The van der Waals surface area contributed by atoms with Crippen LogP contribution >= 0.6 is 0 Å². The molecule has 0 aliphatic carbocycles. The average molecular weight is 276 g/mol. The Bertz CT molecular complexity index is 361. The monoisotopic (exact) mass is 276 g/mol. The van der Waals surface area contributed by atoms with Gasteiger partial charge in [-0.15, -0.1) is 0 Å². The van der Waals surface area contributed by atoms with Crippen LogP contribution < -0.4 is 5.73 Å². The topological polar surface area (TPSA) is 38.5 Å². The fourth-order valence-electron chi connectivity index (χ4n) is 3.01. The van der Waals surface area contributed by atoms with Gasteiger partial charge in [0, 0.05) is 26.3 Å². The van der Waals surface area contributed by atoms with E-state index in [1.165, 1.54) is 37.9 Å². The van der Waals surface area contributed by atoms with Gasteiger partial charge in [-0.2, -0.15) is 0 Å². The summed E-state index contributed by atoms with van der Waals surface area (Å²) in [7, 11) is 1.74. The molecule has 1 saturated heterocycles. The molecule has 3 nitrogen and oxygen atoms in total. The highest BCUT2D eigenvalue weighted by atomic mass is 16.5. The van der Waals surface area contributed by atoms with Crippen molar-refractivity contribution >= 4 is 0 Å². The summed E-state index contributed by atoms with van der Waals surface area (Å²) in [6, 6.07) is 11.1. The van der Waals surface area contributed by atoms with E-state index in [9.17, 15) is 0 Å². The van der Waals surface area contributed by atoms with Gasteiger partial charge in [-0.25, -0.2) is 0 Å². The summed E-state index contributed by atoms with van der Waals surface area (Å²) >= 11 is 0. The zero-order valence-electron chi connectivity index (χ0n) is 12.6. The molecule has 2 N–H and O–H groups in total. The first-order chi connectivity index (χ1) is 9.78. The van der Waals surface area contributed by atoms with Gasteiger partial charge in [0.25, 0.3) is 0 Å². The number of nitrogens with two attached hydrogens (primary N) is 1. The summed E-state index contributed by atoms with van der Waals surface area (Å²) in [6.45, 7) is 4.17. The van der Waals surface area contributed by atoms with Gasteiger partial charge in [-0.1, -0.05) is 30.3 Å². The predicted molar refractivity (Wildman–Crippen MR) is 83.8 cm³/mol. The normalized spacial score (nSPS) is 19.1. The van der Waals surface area contributed by atoms with Gasteiger partial charge in [0.1, 0.15) is 0 Å². The van der Waals surface area contributed by atoms with E-state index in [4.69, 9.17) is 10.5 Å². The molecule has 0 saturated carbocycles. The van der Waals surface area contributed by atoms with Gasteiger partial charge in [0.05, 0.1) is 0 Å². The number of benzene rings is 1. The van der Waals surface area contributed by atoms with E-state index >= 15 is 0 Å². The van der Waals surface area contributed by atoms with Crippen molar-refractivity contribution in [3.8, 4) is 0 Å². The summed E-state index contributed by atoms with van der Waals surface area (Å²) in [5.41, 5.74) is 7.60. The summed E-state index contributed by atoms with van der Waals surface area (Å²) in [4.78, 5) is 2.52. The predicted octanol–water partition coefficient (Wildman–Crippen LogP) is 2.30. The minimum absolute atomic E-state index is 0.251. The molecule has 0 bridgehead atoms. The van der Waals surface area contributed by atoms with Crippen LogP contribution in [0.2, 0.25) is 0 Å². The smallest absolute Gasteiger partial charge is 0.0477 e. The fourth-order valence-corrected chi connectivity index (χ4v) is 3.01. The first kappa shape index (κ1) is 15.5. The second kappa shape index (κ2) is 8.40. The van der Waals surface area contributed by atoms with Crippen LogP contribution in [-0.2, 0) is 11.2 Å². The van der Waals surface area contributed by atoms with Gasteiger partial charge in [0.2, 0.25) is 0 Å². The molecule has 0 amide bonds. The molecule has 112 valence electrons. The third-order valence-electron chi connectivity index (χ3n) is 4.26. The van der Waals surface area contributed by atoms with Crippen LogP contribution in [0.4, 0.5) is 0 Å². The lowest BCUT2D eigenvalue weighted by atomic mass is 9.90. The molecule has 1 aliphatic heterocycles. The van der Waals surface area contributed by atoms with Crippen molar-refractivity contribution in [3.05, 3.63) is 35.9 Å². The summed E-state index contributed by atoms with van der Waals surface area (Å²) in [5.74, 6) is 0.837. The standard InChI is InChI=1S/C17H28N2O/c1-20-12-9-17(18)14-19-10-7-16(8-11-19)13-15-5-3-2-4-6-15/h2-6,16-17H,7-14,18H2,1H3. The first-order valence-electron chi connectivity index (χ1n) is 7.78. The highest BCUT2D eigenvalue weighted by Crippen LogP contribution is 2.21. The molecule has 1 atom stereocenters. The Hall–Kier alpha value is -0.900.